The van der Waals surface area contributed by atoms with Gasteiger partial charge in [-0.05, 0) is 24.1 Å². The van der Waals surface area contributed by atoms with E-state index in [0.29, 0.717) is 12.0 Å². The number of hydrogen-bond donors (Lipinski definition) is 1. The van der Waals surface area contributed by atoms with E-state index < -0.39 is 17.9 Å². The van der Waals surface area contributed by atoms with Crippen LogP contribution in [0.2, 0.25) is 0 Å². The van der Waals surface area contributed by atoms with Crippen molar-refractivity contribution in [3.63, 3.8) is 0 Å². The number of nitrogens with one attached hydrogen (secondary N) is 1. The molecule has 3 nitrogen and oxygen atoms in total. The van der Waals surface area contributed by atoms with E-state index in [1.54, 1.807) is 6.08 Å². The summed E-state index contributed by atoms with van der Waals surface area (Å²) in [5.41, 5.74) is 0.619. The van der Waals surface area contributed by atoms with Gasteiger partial charge in [-0.15, -0.1) is 19.8 Å². The van der Waals surface area contributed by atoms with Crippen LogP contribution in [0.4, 0.5) is 17.6 Å². The molecule has 0 saturated carbocycles. The van der Waals surface area contributed by atoms with Gasteiger partial charge in [-0.25, -0.2) is 4.39 Å². The fraction of sp³-hybridized carbons (Fsp3) is 0.467. The molecule has 0 unspecified atom stereocenters. The molecular weight excluding hydrogens is 300 g/mol. The first kappa shape index (κ1) is 16.8. The molecule has 1 aliphatic rings. The lowest BCUT2D eigenvalue weighted by Gasteiger charge is -2.34. The standard InChI is InChI=1S/C15H18F4N2O/c1-2-3-13(21-8-6-20-7-9-21)11-4-5-14(12(16)10-11)22-15(17,18)19/h2,4-5,10,13,20H,1,3,6-9H2/t13-/m0/s1. The molecule has 1 aliphatic heterocycles. The van der Waals surface area contributed by atoms with Crippen molar-refractivity contribution in [1.82, 2.24) is 10.2 Å². The Bertz CT molecular complexity index is 513. The van der Waals surface area contributed by atoms with Gasteiger partial charge < -0.3 is 10.1 Å². The molecule has 0 aromatic heterocycles. The van der Waals surface area contributed by atoms with Crippen LogP contribution >= 0.6 is 0 Å². The Hall–Kier alpha value is -1.60. The summed E-state index contributed by atoms with van der Waals surface area (Å²) in [6.45, 7) is 6.93. The normalized spacial score (nSPS) is 18.0. The number of benzene rings is 1. The van der Waals surface area contributed by atoms with Crippen LogP contribution in [0, 0.1) is 5.82 Å². The van der Waals surface area contributed by atoms with Crippen molar-refractivity contribution in [3.05, 3.63) is 42.2 Å². The highest BCUT2D eigenvalue weighted by atomic mass is 19.4. The molecule has 7 heteroatoms. The number of rotatable bonds is 5. The molecule has 0 radical (unpaired) electrons. The van der Waals surface area contributed by atoms with E-state index in [1.807, 2.05) is 0 Å². The van der Waals surface area contributed by atoms with E-state index in [0.717, 1.165) is 38.3 Å². The second-order valence-electron chi connectivity index (χ2n) is 5.06. The summed E-state index contributed by atoms with van der Waals surface area (Å²) < 4.78 is 54.0. The summed E-state index contributed by atoms with van der Waals surface area (Å²) in [6, 6.07) is 3.50. The predicted octanol–water partition coefficient (Wildman–Crippen LogP) is 3.25. The van der Waals surface area contributed by atoms with Crippen molar-refractivity contribution in [3.8, 4) is 5.75 Å². The topological polar surface area (TPSA) is 24.5 Å². The first-order valence-electron chi connectivity index (χ1n) is 7.01. The zero-order valence-corrected chi connectivity index (χ0v) is 12.0. The Kier molecular flexibility index (Phi) is 5.42. The summed E-state index contributed by atoms with van der Waals surface area (Å²) in [5, 5.41) is 3.22. The summed E-state index contributed by atoms with van der Waals surface area (Å²) in [6.07, 6.45) is -2.58. The van der Waals surface area contributed by atoms with Gasteiger partial charge in [0.2, 0.25) is 0 Å². The van der Waals surface area contributed by atoms with E-state index in [-0.39, 0.29) is 6.04 Å². The minimum atomic E-state index is -4.90. The van der Waals surface area contributed by atoms with Crippen molar-refractivity contribution in [2.75, 3.05) is 26.2 Å². The summed E-state index contributed by atoms with van der Waals surface area (Å²) in [7, 11) is 0. The van der Waals surface area contributed by atoms with Gasteiger partial charge in [-0.3, -0.25) is 4.90 Å². The van der Waals surface area contributed by atoms with Gasteiger partial charge in [-0.1, -0.05) is 12.1 Å². The van der Waals surface area contributed by atoms with Crippen LogP contribution in [0.15, 0.2) is 30.9 Å². The average Bonchev–Trinajstić information content (AvgIpc) is 2.47. The maximum absolute atomic E-state index is 13.9. The number of piperazine rings is 1. The molecule has 1 heterocycles. The number of hydrogen-bond acceptors (Lipinski definition) is 3. The van der Waals surface area contributed by atoms with Crippen molar-refractivity contribution < 1.29 is 22.3 Å². The second-order valence-corrected chi connectivity index (χ2v) is 5.06. The monoisotopic (exact) mass is 318 g/mol. The molecule has 1 aromatic carbocycles. The van der Waals surface area contributed by atoms with Crippen LogP contribution in [0.1, 0.15) is 18.0 Å². The molecule has 1 aromatic rings. The van der Waals surface area contributed by atoms with Crippen molar-refractivity contribution in [2.45, 2.75) is 18.8 Å². The van der Waals surface area contributed by atoms with Crippen molar-refractivity contribution in [2.24, 2.45) is 0 Å². The van der Waals surface area contributed by atoms with Gasteiger partial charge in [0.25, 0.3) is 0 Å². The van der Waals surface area contributed by atoms with E-state index in [1.165, 1.54) is 6.07 Å². The van der Waals surface area contributed by atoms with Crippen LogP contribution < -0.4 is 10.1 Å². The lowest BCUT2D eigenvalue weighted by atomic mass is 10.0. The molecule has 1 fully saturated rings. The molecule has 0 bridgehead atoms. The van der Waals surface area contributed by atoms with E-state index in [4.69, 9.17) is 0 Å². The van der Waals surface area contributed by atoms with Crippen LogP contribution in [0.5, 0.6) is 5.75 Å². The maximum Gasteiger partial charge on any atom is 0.573 e. The number of alkyl halides is 3. The Morgan fingerprint density at radius 1 is 1.32 bits per heavy atom. The third-order valence-corrected chi connectivity index (χ3v) is 3.55. The molecule has 1 N–H and O–H groups in total. The molecule has 0 aliphatic carbocycles. The minimum absolute atomic E-state index is 0.103. The quantitative estimate of drug-likeness (QED) is 0.666. The molecule has 2 rings (SSSR count). The maximum atomic E-state index is 13.9. The van der Waals surface area contributed by atoms with E-state index >= 15 is 0 Å². The first-order valence-corrected chi connectivity index (χ1v) is 7.01. The highest BCUT2D eigenvalue weighted by Gasteiger charge is 2.32. The van der Waals surface area contributed by atoms with Crippen LogP contribution in [-0.4, -0.2) is 37.4 Å². The lowest BCUT2D eigenvalue weighted by Crippen LogP contribution is -2.45. The second kappa shape index (κ2) is 7.11. The summed E-state index contributed by atoms with van der Waals surface area (Å²) in [4.78, 5) is 2.16. The Morgan fingerprint density at radius 3 is 2.55 bits per heavy atom. The Balaban J connectivity index is 2.21. The molecule has 1 atom stereocenters. The lowest BCUT2D eigenvalue weighted by molar-refractivity contribution is -0.275. The number of ether oxygens (including phenoxy) is 1. The fourth-order valence-electron chi connectivity index (χ4n) is 2.58. The highest BCUT2D eigenvalue weighted by Crippen LogP contribution is 2.31. The summed E-state index contributed by atoms with van der Waals surface area (Å²) in [5.74, 6) is -1.83. The van der Waals surface area contributed by atoms with E-state index in [2.05, 4.69) is 21.5 Å². The molecule has 22 heavy (non-hydrogen) atoms. The molecule has 0 spiro atoms. The van der Waals surface area contributed by atoms with Crippen molar-refractivity contribution >= 4 is 0 Å². The molecular formula is C15H18F4N2O. The predicted molar refractivity (Wildman–Crippen MR) is 75.1 cm³/mol. The van der Waals surface area contributed by atoms with Crippen LogP contribution in [0.3, 0.4) is 0 Å². The van der Waals surface area contributed by atoms with Gasteiger partial charge in [0.15, 0.2) is 11.6 Å². The Morgan fingerprint density at radius 2 is 2.00 bits per heavy atom. The summed E-state index contributed by atoms with van der Waals surface area (Å²) >= 11 is 0. The largest absolute Gasteiger partial charge is 0.573 e. The molecule has 122 valence electrons. The van der Waals surface area contributed by atoms with Crippen LogP contribution in [0.25, 0.3) is 0 Å². The van der Waals surface area contributed by atoms with Gasteiger partial charge >= 0.3 is 6.36 Å². The van der Waals surface area contributed by atoms with Crippen molar-refractivity contribution in [1.29, 1.82) is 0 Å². The highest BCUT2D eigenvalue weighted by molar-refractivity contribution is 5.31. The first-order chi connectivity index (χ1) is 10.4. The third kappa shape index (κ3) is 4.45. The van der Waals surface area contributed by atoms with Gasteiger partial charge in [0.1, 0.15) is 0 Å². The SMILES string of the molecule is C=CC[C@@H](c1ccc(OC(F)(F)F)c(F)c1)N1CCNCC1. The molecule has 0 amide bonds. The van der Waals surface area contributed by atoms with Gasteiger partial charge in [0, 0.05) is 32.2 Å². The minimum Gasteiger partial charge on any atom is -0.403 e. The fourth-order valence-corrected chi connectivity index (χ4v) is 2.58. The zero-order valence-electron chi connectivity index (χ0n) is 12.0. The smallest absolute Gasteiger partial charge is 0.403 e. The average molecular weight is 318 g/mol. The number of halogens is 4. The van der Waals surface area contributed by atoms with Gasteiger partial charge in [-0.2, -0.15) is 0 Å². The molecule has 1 saturated heterocycles. The number of nitrogens with zero attached hydrogens (tertiary/aromatic N) is 1. The van der Waals surface area contributed by atoms with Crippen LogP contribution in [-0.2, 0) is 0 Å². The van der Waals surface area contributed by atoms with E-state index in [9.17, 15) is 17.6 Å². The third-order valence-electron chi connectivity index (χ3n) is 3.55. The van der Waals surface area contributed by atoms with Gasteiger partial charge in [0.05, 0.1) is 0 Å². The Labute approximate surface area is 126 Å². The zero-order chi connectivity index (χ0) is 16.2.